The Morgan fingerprint density at radius 2 is 2.20 bits per heavy atom. The largest absolute Gasteiger partial charge is 0.481 e. The van der Waals surface area contributed by atoms with Crippen LogP contribution in [0.1, 0.15) is 5.69 Å². The van der Waals surface area contributed by atoms with Crippen molar-refractivity contribution in [2.24, 2.45) is 7.05 Å². The lowest BCUT2D eigenvalue weighted by molar-refractivity contribution is 0.374. The summed E-state index contributed by atoms with van der Waals surface area (Å²) in [6.07, 6.45) is 0. The van der Waals surface area contributed by atoms with Gasteiger partial charge in [-0.15, -0.1) is 0 Å². The van der Waals surface area contributed by atoms with Gasteiger partial charge in [-0.1, -0.05) is 5.16 Å². The van der Waals surface area contributed by atoms with Gasteiger partial charge in [-0.25, -0.2) is 4.68 Å². The molecule has 0 saturated heterocycles. The van der Waals surface area contributed by atoms with Gasteiger partial charge in [0, 0.05) is 7.05 Å². The van der Waals surface area contributed by atoms with Crippen molar-refractivity contribution in [3.05, 3.63) is 11.0 Å². The van der Waals surface area contributed by atoms with Crippen molar-refractivity contribution < 1.29 is 9.26 Å². The first-order chi connectivity index (χ1) is 7.13. The molecule has 0 aromatic carbocycles. The fraction of sp³-hybridized carbons (Fsp3) is 0.375. The highest BCUT2D eigenvalue weighted by atomic mass is 35.5. The molecule has 2 heterocycles. The average molecular weight is 229 g/mol. The van der Waals surface area contributed by atoms with Gasteiger partial charge >= 0.3 is 5.35 Å². The molecule has 0 aliphatic rings. The maximum atomic E-state index is 5.56. The summed E-state index contributed by atoms with van der Waals surface area (Å²) in [5.74, 6) is 0.951. The molecule has 2 aromatic heterocycles. The van der Waals surface area contributed by atoms with Crippen LogP contribution in [0.25, 0.3) is 11.4 Å². The molecule has 7 heteroatoms. The topological polar surface area (TPSA) is 66.0 Å². The molecular formula is C8H9ClN4O2. The minimum absolute atomic E-state index is 0.00435. The van der Waals surface area contributed by atoms with Gasteiger partial charge < -0.3 is 9.26 Å². The Balaban J connectivity index is 2.61. The van der Waals surface area contributed by atoms with Gasteiger partial charge in [0.1, 0.15) is 5.56 Å². The monoisotopic (exact) mass is 228 g/mol. The zero-order valence-corrected chi connectivity index (χ0v) is 9.24. The molecule has 2 aromatic rings. The molecule has 6 nitrogen and oxygen atoms in total. The first kappa shape index (κ1) is 9.97. The zero-order chi connectivity index (χ0) is 11.0. The molecule has 0 unspecified atom stereocenters. The van der Waals surface area contributed by atoms with Crippen LogP contribution in [-0.4, -0.2) is 27.0 Å². The maximum absolute atomic E-state index is 5.56. The molecule has 0 aliphatic heterocycles. The van der Waals surface area contributed by atoms with Crippen molar-refractivity contribution in [1.82, 2.24) is 19.9 Å². The third-order valence-electron chi connectivity index (χ3n) is 1.99. The van der Waals surface area contributed by atoms with Gasteiger partial charge in [-0.3, -0.25) is 0 Å². The first-order valence-electron chi connectivity index (χ1n) is 4.20. The van der Waals surface area contributed by atoms with Crippen LogP contribution < -0.4 is 4.74 Å². The van der Waals surface area contributed by atoms with E-state index < -0.39 is 0 Å². The molecule has 0 N–H and O–H groups in total. The van der Waals surface area contributed by atoms with Crippen LogP contribution in [0.4, 0.5) is 0 Å². The summed E-state index contributed by atoms with van der Waals surface area (Å²) in [7, 11) is 3.33. The zero-order valence-electron chi connectivity index (χ0n) is 8.48. The Kier molecular flexibility index (Phi) is 2.36. The first-order valence-corrected chi connectivity index (χ1v) is 4.58. The molecular weight excluding hydrogens is 220 g/mol. The second kappa shape index (κ2) is 3.54. The van der Waals surface area contributed by atoms with Gasteiger partial charge in [-0.2, -0.15) is 10.1 Å². The van der Waals surface area contributed by atoms with Gasteiger partial charge in [0.15, 0.2) is 0 Å². The fourth-order valence-electron chi connectivity index (χ4n) is 1.44. The van der Waals surface area contributed by atoms with Crippen LogP contribution >= 0.6 is 11.6 Å². The van der Waals surface area contributed by atoms with Gasteiger partial charge in [0.2, 0.25) is 11.7 Å². The summed E-state index contributed by atoms with van der Waals surface area (Å²) in [4.78, 5) is 3.92. The van der Waals surface area contributed by atoms with Crippen LogP contribution in [0.3, 0.4) is 0 Å². The Labute approximate surface area is 90.8 Å². The number of hydrogen-bond acceptors (Lipinski definition) is 5. The normalized spacial score (nSPS) is 10.7. The van der Waals surface area contributed by atoms with Gasteiger partial charge in [0.25, 0.3) is 0 Å². The minimum Gasteiger partial charge on any atom is -0.481 e. The summed E-state index contributed by atoms with van der Waals surface area (Å²) < 4.78 is 11.5. The van der Waals surface area contributed by atoms with E-state index in [0.29, 0.717) is 17.3 Å². The maximum Gasteiger partial charge on any atom is 0.320 e. The Morgan fingerprint density at radius 3 is 2.73 bits per heavy atom. The lowest BCUT2D eigenvalue weighted by atomic mass is 10.2. The third kappa shape index (κ3) is 1.56. The predicted molar refractivity (Wildman–Crippen MR) is 52.8 cm³/mol. The van der Waals surface area contributed by atoms with E-state index >= 15 is 0 Å². The summed E-state index contributed by atoms with van der Waals surface area (Å²) in [6, 6.07) is 0. The molecule has 0 radical (unpaired) electrons. The number of nitrogens with zero attached hydrogens (tertiary/aromatic N) is 4. The highest BCUT2D eigenvalue weighted by Gasteiger charge is 2.20. The second-order valence-corrected chi connectivity index (χ2v) is 3.29. The number of ether oxygens (including phenoxy) is 1. The van der Waals surface area contributed by atoms with Crippen LogP contribution in [0.2, 0.25) is 5.35 Å². The molecule has 80 valence electrons. The predicted octanol–water partition coefficient (Wildman–Crippen LogP) is 1.44. The summed E-state index contributed by atoms with van der Waals surface area (Å²) >= 11 is 5.56. The van der Waals surface area contributed by atoms with Crippen molar-refractivity contribution in [1.29, 1.82) is 0 Å². The quantitative estimate of drug-likeness (QED) is 0.778. The van der Waals surface area contributed by atoms with E-state index in [1.807, 2.05) is 6.92 Å². The average Bonchev–Trinajstić information content (AvgIpc) is 2.70. The Bertz CT molecular complexity index is 491. The number of halogens is 1. The van der Waals surface area contributed by atoms with Crippen LogP contribution in [0.15, 0.2) is 4.52 Å². The number of hydrogen-bond donors (Lipinski definition) is 0. The summed E-state index contributed by atoms with van der Waals surface area (Å²) in [5.41, 5.74) is 1.45. The number of aryl methyl sites for hydroxylation is 2. The SMILES string of the molecule is COc1c(-c2noc(Cl)n2)c(C)nn1C. The van der Waals surface area contributed by atoms with Crippen LogP contribution in [0.5, 0.6) is 5.88 Å². The van der Waals surface area contributed by atoms with Crippen LogP contribution in [0, 0.1) is 6.92 Å². The van der Waals surface area contributed by atoms with Crippen molar-refractivity contribution >= 4 is 11.6 Å². The van der Waals surface area contributed by atoms with E-state index in [2.05, 4.69) is 15.2 Å². The molecule has 0 bridgehead atoms. The van der Waals surface area contributed by atoms with E-state index in [-0.39, 0.29) is 5.35 Å². The van der Waals surface area contributed by atoms with E-state index in [0.717, 1.165) is 5.69 Å². The molecule has 0 aliphatic carbocycles. The highest BCUT2D eigenvalue weighted by Crippen LogP contribution is 2.30. The van der Waals surface area contributed by atoms with E-state index in [1.165, 1.54) is 0 Å². The number of aromatic nitrogens is 4. The lowest BCUT2D eigenvalue weighted by Crippen LogP contribution is -1.95. The molecule has 15 heavy (non-hydrogen) atoms. The Morgan fingerprint density at radius 1 is 1.47 bits per heavy atom. The van der Waals surface area contributed by atoms with E-state index in [1.54, 1.807) is 18.8 Å². The summed E-state index contributed by atoms with van der Waals surface area (Å²) in [6.45, 7) is 1.84. The van der Waals surface area contributed by atoms with Crippen molar-refractivity contribution in [3.63, 3.8) is 0 Å². The fourth-order valence-corrected chi connectivity index (χ4v) is 1.55. The van der Waals surface area contributed by atoms with Gasteiger partial charge in [0.05, 0.1) is 12.8 Å². The van der Waals surface area contributed by atoms with Crippen LogP contribution in [-0.2, 0) is 7.05 Å². The molecule has 0 amide bonds. The second-order valence-electron chi connectivity index (χ2n) is 2.96. The highest BCUT2D eigenvalue weighted by molar-refractivity contribution is 6.27. The summed E-state index contributed by atoms with van der Waals surface area (Å²) in [5, 5.41) is 7.91. The molecule has 0 atom stereocenters. The van der Waals surface area contributed by atoms with Crippen molar-refractivity contribution in [2.75, 3.05) is 7.11 Å². The molecule has 0 fully saturated rings. The lowest BCUT2D eigenvalue weighted by Gasteiger charge is -2.00. The smallest absolute Gasteiger partial charge is 0.320 e. The number of methoxy groups -OCH3 is 1. The number of rotatable bonds is 2. The van der Waals surface area contributed by atoms with Crippen molar-refractivity contribution in [3.8, 4) is 17.3 Å². The molecule has 0 spiro atoms. The Hall–Kier alpha value is -1.56. The molecule has 0 saturated carbocycles. The third-order valence-corrected chi connectivity index (χ3v) is 2.14. The molecule has 2 rings (SSSR count). The van der Waals surface area contributed by atoms with E-state index in [4.69, 9.17) is 20.9 Å². The standard InChI is InChI=1S/C8H9ClN4O2/c1-4-5(6-10-8(9)15-12-6)7(14-3)13(2)11-4/h1-3H3. The minimum atomic E-state index is -0.00435. The van der Waals surface area contributed by atoms with E-state index in [9.17, 15) is 0 Å². The van der Waals surface area contributed by atoms with Gasteiger partial charge in [-0.05, 0) is 18.5 Å². The van der Waals surface area contributed by atoms with Crippen molar-refractivity contribution in [2.45, 2.75) is 6.92 Å².